The van der Waals surface area contributed by atoms with Crippen LogP contribution in [0.25, 0.3) is 11.3 Å². The van der Waals surface area contributed by atoms with Crippen molar-refractivity contribution < 1.29 is 4.79 Å². The van der Waals surface area contributed by atoms with Gasteiger partial charge in [-0.3, -0.25) is 20.0 Å². The molecule has 26 heavy (non-hydrogen) atoms. The Kier molecular flexibility index (Phi) is 6.09. The first-order valence-electron chi connectivity index (χ1n) is 8.68. The largest absolute Gasteiger partial charge is 0.300 e. The van der Waals surface area contributed by atoms with Gasteiger partial charge in [0, 0.05) is 35.4 Å². The van der Waals surface area contributed by atoms with Crippen LogP contribution in [0.15, 0.2) is 54.2 Å². The summed E-state index contributed by atoms with van der Waals surface area (Å²) in [6.45, 7) is 7.23. The smallest absolute Gasteiger partial charge is 0.257 e. The number of hydrogen-bond donors (Lipinski definition) is 1. The number of carbonyl (C=O) groups is 1. The molecular formula is C20H22N4OS. The highest BCUT2D eigenvalue weighted by Gasteiger charge is 2.10. The van der Waals surface area contributed by atoms with Crippen LogP contribution in [0.5, 0.6) is 0 Å². The molecule has 1 amide bonds. The molecule has 0 aliphatic carbocycles. The second kappa shape index (κ2) is 8.69. The third-order valence-electron chi connectivity index (χ3n) is 4.20. The maximum absolute atomic E-state index is 12.4. The van der Waals surface area contributed by atoms with Crippen LogP contribution in [0.3, 0.4) is 0 Å². The van der Waals surface area contributed by atoms with E-state index in [4.69, 9.17) is 0 Å². The minimum absolute atomic E-state index is 0.147. The van der Waals surface area contributed by atoms with Gasteiger partial charge in [-0.25, -0.2) is 4.98 Å². The number of nitrogens with one attached hydrogen (secondary N) is 1. The molecule has 0 radical (unpaired) electrons. The van der Waals surface area contributed by atoms with E-state index in [2.05, 4.69) is 34.0 Å². The molecule has 2 heterocycles. The van der Waals surface area contributed by atoms with E-state index >= 15 is 0 Å². The minimum atomic E-state index is -0.147. The molecule has 0 aliphatic heterocycles. The van der Waals surface area contributed by atoms with E-state index in [1.54, 1.807) is 12.4 Å². The molecular weight excluding hydrogens is 344 g/mol. The molecule has 6 heteroatoms. The van der Waals surface area contributed by atoms with Crippen molar-refractivity contribution in [2.24, 2.45) is 0 Å². The maximum Gasteiger partial charge on any atom is 0.257 e. The zero-order valence-electron chi connectivity index (χ0n) is 15.0. The Balaban J connectivity index is 1.64. The van der Waals surface area contributed by atoms with Crippen LogP contribution in [0.1, 0.15) is 29.8 Å². The van der Waals surface area contributed by atoms with E-state index in [0.29, 0.717) is 10.7 Å². The van der Waals surface area contributed by atoms with E-state index in [0.717, 1.165) is 30.9 Å². The van der Waals surface area contributed by atoms with Crippen LogP contribution < -0.4 is 5.32 Å². The number of anilines is 1. The molecule has 0 atom stereocenters. The average Bonchev–Trinajstić information content (AvgIpc) is 3.15. The number of benzene rings is 1. The Morgan fingerprint density at radius 3 is 2.58 bits per heavy atom. The van der Waals surface area contributed by atoms with E-state index in [1.807, 2.05) is 41.8 Å². The van der Waals surface area contributed by atoms with Crippen LogP contribution in [0.2, 0.25) is 0 Å². The van der Waals surface area contributed by atoms with Crippen molar-refractivity contribution in [3.8, 4) is 11.3 Å². The van der Waals surface area contributed by atoms with Crippen LogP contribution in [0.4, 0.5) is 5.13 Å². The molecule has 2 aromatic heterocycles. The minimum Gasteiger partial charge on any atom is -0.300 e. The second-order valence-corrected chi connectivity index (χ2v) is 6.75. The molecule has 3 rings (SSSR count). The second-order valence-electron chi connectivity index (χ2n) is 5.89. The van der Waals surface area contributed by atoms with Gasteiger partial charge in [0.15, 0.2) is 5.13 Å². The molecule has 0 bridgehead atoms. The fourth-order valence-corrected chi connectivity index (χ4v) is 3.33. The molecule has 1 N–H and O–H groups in total. The number of carbonyl (C=O) groups excluding carboxylic acids is 1. The summed E-state index contributed by atoms with van der Waals surface area (Å²) in [7, 11) is 0. The Hall–Kier alpha value is -2.57. The van der Waals surface area contributed by atoms with Crippen molar-refractivity contribution in [2.75, 3.05) is 18.4 Å². The zero-order valence-corrected chi connectivity index (χ0v) is 15.8. The first-order valence-corrected chi connectivity index (χ1v) is 9.56. The number of aromatic nitrogens is 2. The van der Waals surface area contributed by atoms with Crippen molar-refractivity contribution >= 4 is 22.4 Å². The summed E-state index contributed by atoms with van der Waals surface area (Å²) in [5, 5.41) is 5.37. The van der Waals surface area contributed by atoms with Gasteiger partial charge in [-0.05, 0) is 42.9 Å². The van der Waals surface area contributed by atoms with E-state index in [1.165, 1.54) is 16.9 Å². The van der Waals surface area contributed by atoms with Crippen LogP contribution >= 0.6 is 11.3 Å². The number of rotatable bonds is 7. The molecule has 0 aliphatic rings. The average molecular weight is 366 g/mol. The topological polar surface area (TPSA) is 58.1 Å². The van der Waals surface area contributed by atoms with Crippen LogP contribution in [0, 0.1) is 0 Å². The van der Waals surface area contributed by atoms with Crippen molar-refractivity contribution in [3.63, 3.8) is 0 Å². The van der Waals surface area contributed by atoms with Crippen molar-refractivity contribution in [2.45, 2.75) is 20.4 Å². The lowest BCUT2D eigenvalue weighted by Gasteiger charge is -2.17. The molecule has 134 valence electrons. The van der Waals surface area contributed by atoms with Crippen molar-refractivity contribution in [1.82, 2.24) is 14.9 Å². The highest BCUT2D eigenvalue weighted by atomic mass is 32.1. The molecule has 3 aromatic rings. The highest BCUT2D eigenvalue weighted by molar-refractivity contribution is 7.14. The van der Waals surface area contributed by atoms with Gasteiger partial charge in [-0.1, -0.05) is 26.0 Å². The van der Waals surface area contributed by atoms with Gasteiger partial charge in [-0.15, -0.1) is 11.3 Å². The Morgan fingerprint density at radius 1 is 1.15 bits per heavy atom. The summed E-state index contributed by atoms with van der Waals surface area (Å²) in [5.41, 5.74) is 3.59. The summed E-state index contributed by atoms with van der Waals surface area (Å²) in [6, 6.07) is 11.6. The molecule has 0 saturated carbocycles. The zero-order chi connectivity index (χ0) is 18.4. The molecule has 0 saturated heterocycles. The third kappa shape index (κ3) is 4.53. The lowest BCUT2D eigenvalue weighted by Crippen LogP contribution is -2.22. The summed E-state index contributed by atoms with van der Waals surface area (Å²) in [6.07, 6.45) is 3.48. The third-order valence-corrected chi connectivity index (χ3v) is 4.96. The van der Waals surface area contributed by atoms with Gasteiger partial charge in [0.25, 0.3) is 5.91 Å². The first-order chi connectivity index (χ1) is 12.7. The lowest BCUT2D eigenvalue weighted by atomic mass is 10.1. The van der Waals surface area contributed by atoms with Gasteiger partial charge >= 0.3 is 0 Å². The van der Waals surface area contributed by atoms with E-state index < -0.39 is 0 Å². The Labute approximate surface area is 157 Å². The number of nitrogens with zero attached hydrogens (tertiary/aromatic N) is 3. The standard InChI is InChI=1S/C20H22N4OS/c1-3-24(4-2)13-15-7-9-16(10-8-15)19(25)23-20-22-18(14-26-20)17-6-5-11-21-12-17/h5-12,14H,3-4,13H2,1-2H3,(H,22,23,25). The number of thiazole rings is 1. The summed E-state index contributed by atoms with van der Waals surface area (Å²) in [5.74, 6) is -0.147. The molecule has 0 fully saturated rings. The van der Waals surface area contributed by atoms with Gasteiger partial charge in [0.1, 0.15) is 0 Å². The van der Waals surface area contributed by atoms with Crippen molar-refractivity contribution in [3.05, 3.63) is 65.3 Å². The van der Waals surface area contributed by atoms with Gasteiger partial charge in [-0.2, -0.15) is 0 Å². The molecule has 0 spiro atoms. The number of amides is 1. The quantitative estimate of drug-likeness (QED) is 0.677. The van der Waals surface area contributed by atoms with Crippen LogP contribution in [-0.2, 0) is 6.54 Å². The molecule has 5 nitrogen and oxygen atoms in total. The number of hydrogen-bond acceptors (Lipinski definition) is 5. The summed E-state index contributed by atoms with van der Waals surface area (Å²) in [4.78, 5) is 23.3. The summed E-state index contributed by atoms with van der Waals surface area (Å²) >= 11 is 1.41. The highest BCUT2D eigenvalue weighted by Crippen LogP contribution is 2.24. The number of pyridine rings is 1. The Bertz CT molecular complexity index is 842. The fourth-order valence-electron chi connectivity index (χ4n) is 2.61. The first kappa shape index (κ1) is 18.2. The fraction of sp³-hybridized carbons (Fsp3) is 0.250. The normalized spacial score (nSPS) is 10.9. The predicted molar refractivity (Wildman–Crippen MR) is 106 cm³/mol. The van der Waals surface area contributed by atoms with E-state index in [-0.39, 0.29) is 5.91 Å². The summed E-state index contributed by atoms with van der Waals surface area (Å²) < 4.78 is 0. The monoisotopic (exact) mass is 366 g/mol. The van der Waals surface area contributed by atoms with Crippen molar-refractivity contribution in [1.29, 1.82) is 0 Å². The van der Waals surface area contributed by atoms with Gasteiger partial charge < -0.3 is 0 Å². The van der Waals surface area contributed by atoms with E-state index in [9.17, 15) is 4.79 Å². The lowest BCUT2D eigenvalue weighted by molar-refractivity contribution is 0.102. The predicted octanol–water partition coefficient (Wildman–Crippen LogP) is 4.30. The molecule has 1 aromatic carbocycles. The SMILES string of the molecule is CCN(CC)Cc1ccc(C(=O)Nc2nc(-c3cccnc3)cs2)cc1. The van der Waals surface area contributed by atoms with Gasteiger partial charge in [0.2, 0.25) is 0 Å². The van der Waals surface area contributed by atoms with Gasteiger partial charge in [0.05, 0.1) is 5.69 Å². The Morgan fingerprint density at radius 2 is 1.92 bits per heavy atom. The van der Waals surface area contributed by atoms with Crippen LogP contribution in [-0.4, -0.2) is 33.9 Å². The maximum atomic E-state index is 12.4. The molecule has 0 unspecified atom stereocenters.